The van der Waals surface area contributed by atoms with Crippen molar-refractivity contribution >= 4 is 0 Å². The van der Waals surface area contributed by atoms with Crippen LogP contribution in [0.4, 0.5) is 22.0 Å². The number of aliphatic hydroxyl groups is 1. The smallest absolute Gasteiger partial charge is 0.388 e. The number of alkyl halides is 4. The summed E-state index contributed by atoms with van der Waals surface area (Å²) in [5.74, 6) is -0.533. The first-order valence-electron chi connectivity index (χ1n) is 11.7. The Labute approximate surface area is 202 Å². The lowest BCUT2D eigenvalue weighted by atomic mass is 9.68. The summed E-state index contributed by atoms with van der Waals surface area (Å²) in [7, 11) is 0. The fraction of sp³-hybridized carbons (Fsp3) is 0.379. The molecule has 1 nitrogen and oxygen atoms in total. The lowest BCUT2D eigenvalue weighted by Gasteiger charge is -2.38. The molecule has 0 aliphatic heterocycles. The van der Waals surface area contributed by atoms with Crippen molar-refractivity contribution in [2.24, 2.45) is 5.41 Å². The minimum Gasteiger partial charge on any atom is -0.388 e. The summed E-state index contributed by atoms with van der Waals surface area (Å²) in [6.45, 7) is 8.01. The molecule has 0 bridgehead atoms. The van der Waals surface area contributed by atoms with Crippen molar-refractivity contribution in [1.29, 1.82) is 0 Å². The molecule has 0 aromatic heterocycles. The van der Waals surface area contributed by atoms with Gasteiger partial charge in [-0.15, -0.1) is 0 Å². The highest BCUT2D eigenvalue weighted by molar-refractivity contribution is 5.76. The molecule has 1 N–H and O–H groups in total. The van der Waals surface area contributed by atoms with Gasteiger partial charge in [-0.25, -0.2) is 8.78 Å². The largest absolute Gasteiger partial charge is 0.416 e. The highest BCUT2D eigenvalue weighted by Crippen LogP contribution is 2.50. The van der Waals surface area contributed by atoms with Gasteiger partial charge in [0.05, 0.1) is 11.7 Å². The van der Waals surface area contributed by atoms with Crippen LogP contribution in [0.5, 0.6) is 0 Å². The van der Waals surface area contributed by atoms with E-state index in [0.29, 0.717) is 35.1 Å². The van der Waals surface area contributed by atoms with Gasteiger partial charge in [-0.2, -0.15) is 13.2 Å². The molecule has 1 aliphatic rings. The first-order valence-corrected chi connectivity index (χ1v) is 11.7. The normalized spacial score (nSPS) is 18.4. The number of aliphatic hydroxyl groups excluding tert-OH is 1. The van der Waals surface area contributed by atoms with E-state index in [4.69, 9.17) is 0 Å². The van der Waals surface area contributed by atoms with Gasteiger partial charge in [0.2, 0.25) is 0 Å². The Kier molecular flexibility index (Phi) is 6.56. The van der Waals surface area contributed by atoms with Crippen LogP contribution in [-0.2, 0) is 12.6 Å². The molecule has 6 heteroatoms. The van der Waals surface area contributed by atoms with Gasteiger partial charge >= 0.3 is 6.18 Å². The molecule has 186 valence electrons. The summed E-state index contributed by atoms with van der Waals surface area (Å²) >= 11 is 0. The van der Waals surface area contributed by atoms with Crippen molar-refractivity contribution in [1.82, 2.24) is 0 Å². The minimum absolute atomic E-state index is 0.0915. The van der Waals surface area contributed by atoms with Gasteiger partial charge in [-0.1, -0.05) is 58.0 Å². The fourth-order valence-corrected chi connectivity index (χ4v) is 5.22. The molecule has 35 heavy (non-hydrogen) atoms. The summed E-state index contributed by atoms with van der Waals surface area (Å²) in [6, 6.07) is 11.7. The molecule has 4 rings (SSSR count). The zero-order chi connectivity index (χ0) is 25.7. The van der Waals surface area contributed by atoms with Crippen molar-refractivity contribution in [2.45, 2.75) is 64.9 Å². The average molecular weight is 489 g/mol. The molecule has 0 radical (unpaired) electrons. The summed E-state index contributed by atoms with van der Waals surface area (Å²) in [5, 5.41) is 11.2. The van der Waals surface area contributed by atoms with Gasteiger partial charge in [0.1, 0.15) is 5.82 Å². The van der Waals surface area contributed by atoms with Crippen LogP contribution in [0.2, 0.25) is 0 Å². The summed E-state index contributed by atoms with van der Waals surface area (Å²) < 4.78 is 69.3. The van der Waals surface area contributed by atoms with Gasteiger partial charge in [0, 0.05) is 5.56 Å². The third kappa shape index (κ3) is 4.99. The van der Waals surface area contributed by atoms with Crippen molar-refractivity contribution in [2.75, 3.05) is 0 Å². The predicted octanol–water partition coefficient (Wildman–Crippen LogP) is 8.70. The van der Waals surface area contributed by atoms with Gasteiger partial charge in [-0.3, -0.25) is 0 Å². The Morgan fingerprint density at radius 3 is 2.11 bits per heavy atom. The molecule has 0 amide bonds. The molecule has 0 fully saturated rings. The molecule has 1 aliphatic carbocycles. The molecule has 0 saturated heterocycles. The van der Waals surface area contributed by atoms with Crippen molar-refractivity contribution in [3.63, 3.8) is 0 Å². The summed E-state index contributed by atoms with van der Waals surface area (Å²) in [4.78, 5) is 0. The van der Waals surface area contributed by atoms with E-state index >= 15 is 4.39 Å². The second kappa shape index (κ2) is 9.05. The number of halogens is 5. The zero-order valence-electron chi connectivity index (χ0n) is 20.2. The number of rotatable bonds is 4. The number of hydrogen-bond acceptors (Lipinski definition) is 1. The van der Waals surface area contributed by atoms with Crippen LogP contribution < -0.4 is 0 Å². The first kappa shape index (κ1) is 25.4. The predicted molar refractivity (Wildman–Crippen MR) is 127 cm³/mol. The summed E-state index contributed by atoms with van der Waals surface area (Å²) in [5.41, 5.74) is 2.71. The maximum Gasteiger partial charge on any atom is 0.416 e. The molecular weight excluding hydrogens is 459 g/mol. The van der Waals surface area contributed by atoms with Crippen molar-refractivity contribution in [3.8, 4) is 11.1 Å². The molecule has 0 spiro atoms. The van der Waals surface area contributed by atoms with E-state index in [9.17, 15) is 22.7 Å². The standard InChI is InChI=1S/C29H29F5O/c1-16(2)22-13-19-14-28(3,4)15-23(35)24(19)25(17-7-11-21(30)12-8-17)26(22)27(31)18-5-9-20(10-6-18)29(32,33)34/h5-13,16,23,27,35H,14-15H2,1-4H3/t23?,27-/m0/s1. The maximum absolute atomic E-state index is 16.4. The van der Waals surface area contributed by atoms with E-state index < -0.39 is 29.8 Å². The number of benzene rings is 3. The van der Waals surface area contributed by atoms with Crippen LogP contribution in [0.1, 0.15) is 85.7 Å². The Morgan fingerprint density at radius 1 is 0.971 bits per heavy atom. The molecule has 3 aromatic carbocycles. The highest BCUT2D eigenvalue weighted by Gasteiger charge is 2.37. The van der Waals surface area contributed by atoms with Gasteiger partial charge in [0.15, 0.2) is 6.17 Å². The monoisotopic (exact) mass is 488 g/mol. The SMILES string of the molecule is CC(C)c1cc2c(c(-c3ccc(F)cc3)c1[C@@H](F)c1ccc(C(F)(F)F)cc1)C(O)CC(C)(C)C2. The van der Waals surface area contributed by atoms with Gasteiger partial charge in [0.25, 0.3) is 0 Å². The van der Waals surface area contributed by atoms with E-state index in [-0.39, 0.29) is 16.9 Å². The topological polar surface area (TPSA) is 20.2 Å². The molecule has 0 heterocycles. The fourth-order valence-electron chi connectivity index (χ4n) is 5.22. The number of hydrogen-bond donors (Lipinski definition) is 1. The average Bonchev–Trinajstić information content (AvgIpc) is 2.76. The van der Waals surface area contributed by atoms with Gasteiger partial charge < -0.3 is 5.11 Å². The van der Waals surface area contributed by atoms with Crippen LogP contribution in [0, 0.1) is 11.2 Å². The van der Waals surface area contributed by atoms with Crippen LogP contribution in [-0.4, -0.2) is 5.11 Å². The quantitative estimate of drug-likeness (QED) is 0.364. The van der Waals surface area contributed by atoms with E-state index in [1.54, 1.807) is 12.1 Å². The van der Waals surface area contributed by atoms with Crippen LogP contribution in [0.25, 0.3) is 11.1 Å². The molecule has 2 atom stereocenters. The molecule has 1 unspecified atom stereocenters. The second-order valence-electron chi connectivity index (χ2n) is 10.5. The highest BCUT2D eigenvalue weighted by atomic mass is 19.4. The second-order valence-corrected chi connectivity index (χ2v) is 10.5. The zero-order valence-corrected chi connectivity index (χ0v) is 20.2. The van der Waals surface area contributed by atoms with E-state index in [1.807, 2.05) is 19.9 Å². The Hall–Kier alpha value is -2.73. The summed E-state index contributed by atoms with van der Waals surface area (Å²) in [6.07, 6.45) is -5.94. The third-order valence-corrected chi connectivity index (χ3v) is 6.81. The molecule has 0 saturated carbocycles. The Bertz CT molecular complexity index is 1210. The molecular formula is C29H29F5O. The van der Waals surface area contributed by atoms with Gasteiger partial charge in [-0.05, 0) is 81.8 Å². The van der Waals surface area contributed by atoms with E-state index in [0.717, 1.165) is 35.4 Å². The first-order chi connectivity index (χ1) is 16.3. The number of fused-ring (bicyclic) bond motifs is 1. The van der Waals surface area contributed by atoms with E-state index in [2.05, 4.69) is 13.8 Å². The minimum atomic E-state index is -4.52. The maximum atomic E-state index is 16.4. The van der Waals surface area contributed by atoms with Crippen LogP contribution in [0.15, 0.2) is 54.6 Å². The van der Waals surface area contributed by atoms with Crippen LogP contribution in [0.3, 0.4) is 0 Å². The Morgan fingerprint density at radius 2 is 1.57 bits per heavy atom. The van der Waals surface area contributed by atoms with Crippen molar-refractivity contribution < 1.29 is 27.1 Å². The lowest BCUT2D eigenvalue weighted by Crippen LogP contribution is -2.27. The third-order valence-electron chi connectivity index (χ3n) is 6.81. The van der Waals surface area contributed by atoms with Crippen molar-refractivity contribution in [3.05, 3.63) is 93.8 Å². The van der Waals surface area contributed by atoms with Crippen LogP contribution >= 0.6 is 0 Å². The molecule has 3 aromatic rings. The lowest BCUT2D eigenvalue weighted by molar-refractivity contribution is -0.137. The van der Waals surface area contributed by atoms with E-state index in [1.165, 1.54) is 12.1 Å². The Balaban J connectivity index is 2.00.